The highest BCUT2D eigenvalue weighted by atomic mass is 79.9. The van der Waals surface area contributed by atoms with Gasteiger partial charge in [-0.2, -0.15) is 0 Å². The average molecular weight is 383 g/mol. The molecule has 0 unspecified atom stereocenters. The van der Waals surface area contributed by atoms with E-state index in [0.717, 1.165) is 15.4 Å². The van der Waals surface area contributed by atoms with Crippen molar-refractivity contribution in [3.8, 4) is 0 Å². The highest BCUT2D eigenvalue weighted by Crippen LogP contribution is 2.11. The molecule has 0 aliphatic rings. The molecule has 19 heavy (non-hydrogen) atoms. The van der Waals surface area contributed by atoms with Gasteiger partial charge in [0.1, 0.15) is 0 Å². The van der Waals surface area contributed by atoms with Crippen molar-refractivity contribution in [3.63, 3.8) is 0 Å². The summed E-state index contributed by atoms with van der Waals surface area (Å²) in [6.45, 7) is 0.539. The first kappa shape index (κ1) is 14.3. The van der Waals surface area contributed by atoms with E-state index in [4.69, 9.17) is 0 Å². The van der Waals surface area contributed by atoms with E-state index in [1.165, 1.54) is 5.56 Å². The third kappa shape index (κ3) is 4.18. The molecule has 0 atom stereocenters. The van der Waals surface area contributed by atoms with Gasteiger partial charge in [0.2, 0.25) is 0 Å². The number of carbonyl (C=O) groups is 1. The lowest BCUT2D eigenvalue weighted by molar-refractivity contribution is 0.0951. The standard InChI is InChI=1S/C15H13Br2NO/c16-9-11-1-3-12(4-2-11)10-18-15(19)13-5-7-14(17)8-6-13/h1-8H,9-10H2,(H,18,19). The zero-order valence-corrected chi connectivity index (χ0v) is 13.4. The van der Waals surface area contributed by atoms with Crippen LogP contribution >= 0.6 is 31.9 Å². The van der Waals surface area contributed by atoms with Crippen LogP contribution < -0.4 is 5.32 Å². The lowest BCUT2D eigenvalue weighted by Gasteiger charge is -2.06. The van der Waals surface area contributed by atoms with Crippen LogP contribution in [0.2, 0.25) is 0 Å². The molecule has 0 aliphatic heterocycles. The van der Waals surface area contributed by atoms with Gasteiger partial charge in [0.25, 0.3) is 5.91 Å². The third-order valence-electron chi connectivity index (χ3n) is 2.74. The van der Waals surface area contributed by atoms with Crippen molar-refractivity contribution in [2.24, 2.45) is 0 Å². The van der Waals surface area contributed by atoms with Gasteiger partial charge in [0, 0.05) is 21.9 Å². The Morgan fingerprint density at radius 3 is 2.11 bits per heavy atom. The smallest absolute Gasteiger partial charge is 0.251 e. The second kappa shape index (κ2) is 6.87. The molecule has 0 radical (unpaired) electrons. The summed E-state index contributed by atoms with van der Waals surface area (Å²) in [6, 6.07) is 15.5. The number of hydrogen-bond donors (Lipinski definition) is 1. The fraction of sp³-hybridized carbons (Fsp3) is 0.133. The molecule has 0 bridgehead atoms. The number of rotatable bonds is 4. The molecule has 0 saturated heterocycles. The first-order valence-electron chi connectivity index (χ1n) is 5.86. The van der Waals surface area contributed by atoms with Gasteiger partial charge in [0.15, 0.2) is 0 Å². The molecular weight excluding hydrogens is 370 g/mol. The summed E-state index contributed by atoms with van der Waals surface area (Å²) in [5.74, 6) is -0.0583. The van der Waals surface area contributed by atoms with Crippen molar-refractivity contribution in [2.75, 3.05) is 0 Å². The molecule has 2 aromatic rings. The number of hydrogen-bond acceptors (Lipinski definition) is 1. The van der Waals surface area contributed by atoms with Crippen LogP contribution in [0.25, 0.3) is 0 Å². The van der Waals surface area contributed by atoms with Crippen LogP contribution in [0.3, 0.4) is 0 Å². The fourth-order valence-electron chi connectivity index (χ4n) is 1.63. The minimum absolute atomic E-state index is 0.0583. The van der Waals surface area contributed by atoms with Crippen molar-refractivity contribution >= 4 is 37.8 Å². The normalized spacial score (nSPS) is 10.2. The quantitative estimate of drug-likeness (QED) is 0.786. The molecule has 0 aliphatic carbocycles. The molecule has 2 rings (SSSR count). The van der Waals surface area contributed by atoms with Crippen LogP contribution in [0, 0.1) is 0 Å². The topological polar surface area (TPSA) is 29.1 Å². The molecule has 0 heterocycles. The Hall–Kier alpha value is -1.13. The number of alkyl halides is 1. The minimum atomic E-state index is -0.0583. The van der Waals surface area contributed by atoms with E-state index < -0.39 is 0 Å². The molecule has 4 heteroatoms. The summed E-state index contributed by atoms with van der Waals surface area (Å²) in [4.78, 5) is 11.9. The van der Waals surface area contributed by atoms with Crippen molar-refractivity contribution in [1.82, 2.24) is 5.32 Å². The molecule has 0 spiro atoms. The van der Waals surface area contributed by atoms with E-state index in [1.54, 1.807) is 12.1 Å². The Morgan fingerprint density at radius 1 is 0.947 bits per heavy atom. The summed E-state index contributed by atoms with van der Waals surface area (Å²) in [6.07, 6.45) is 0. The SMILES string of the molecule is O=C(NCc1ccc(CBr)cc1)c1ccc(Br)cc1. The Morgan fingerprint density at radius 2 is 1.53 bits per heavy atom. The zero-order chi connectivity index (χ0) is 13.7. The molecule has 0 fully saturated rings. The van der Waals surface area contributed by atoms with Gasteiger partial charge in [0.05, 0.1) is 0 Å². The molecule has 98 valence electrons. The van der Waals surface area contributed by atoms with E-state index in [9.17, 15) is 4.79 Å². The van der Waals surface area contributed by atoms with Crippen molar-refractivity contribution in [1.29, 1.82) is 0 Å². The van der Waals surface area contributed by atoms with Crippen LogP contribution in [-0.4, -0.2) is 5.91 Å². The number of nitrogens with one attached hydrogen (secondary N) is 1. The van der Waals surface area contributed by atoms with E-state index in [0.29, 0.717) is 12.1 Å². The number of amides is 1. The predicted octanol–water partition coefficient (Wildman–Crippen LogP) is 4.27. The lowest BCUT2D eigenvalue weighted by atomic mass is 10.1. The van der Waals surface area contributed by atoms with E-state index in [2.05, 4.69) is 49.3 Å². The van der Waals surface area contributed by atoms with E-state index >= 15 is 0 Å². The highest BCUT2D eigenvalue weighted by Gasteiger charge is 2.04. The van der Waals surface area contributed by atoms with Gasteiger partial charge in [-0.3, -0.25) is 4.79 Å². The van der Waals surface area contributed by atoms with E-state index in [-0.39, 0.29) is 5.91 Å². The maximum atomic E-state index is 11.9. The summed E-state index contributed by atoms with van der Waals surface area (Å²) < 4.78 is 0.967. The molecular formula is C15H13Br2NO. The Kier molecular flexibility index (Phi) is 5.16. The van der Waals surface area contributed by atoms with Gasteiger partial charge < -0.3 is 5.32 Å². The van der Waals surface area contributed by atoms with Crippen LogP contribution in [0.15, 0.2) is 53.0 Å². The second-order valence-corrected chi connectivity index (χ2v) is 5.62. The van der Waals surface area contributed by atoms with Crippen LogP contribution in [0.1, 0.15) is 21.5 Å². The molecule has 1 N–H and O–H groups in total. The highest BCUT2D eigenvalue weighted by molar-refractivity contribution is 9.10. The average Bonchev–Trinajstić information content (AvgIpc) is 2.46. The Labute approximate surface area is 129 Å². The minimum Gasteiger partial charge on any atom is -0.348 e. The van der Waals surface area contributed by atoms with Crippen LogP contribution in [0.5, 0.6) is 0 Å². The summed E-state index contributed by atoms with van der Waals surface area (Å²) >= 11 is 6.76. The molecule has 2 aromatic carbocycles. The Bertz CT molecular complexity index is 549. The van der Waals surface area contributed by atoms with Gasteiger partial charge in [-0.05, 0) is 35.4 Å². The van der Waals surface area contributed by atoms with Gasteiger partial charge in [-0.15, -0.1) is 0 Å². The van der Waals surface area contributed by atoms with E-state index in [1.807, 2.05) is 24.3 Å². The van der Waals surface area contributed by atoms with Gasteiger partial charge >= 0.3 is 0 Å². The van der Waals surface area contributed by atoms with Crippen molar-refractivity contribution in [2.45, 2.75) is 11.9 Å². The molecule has 1 amide bonds. The van der Waals surface area contributed by atoms with Crippen LogP contribution in [-0.2, 0) is 11.9 Å². The maximum absolute atomic E-state index is 11.9. The largest absolute Gasteiger partial charge is 0.348 e. The lowest BCUT2D eigenvalue weighted by Crippen LogP contribution is -2.22. The monoisotopic (exact) mass is 381 g/mol. The first-order valence-corrected chi connectivity index (χ1v) is 7.78. The van der Waals surface area contributed by atoms with Crippen molar-refractivity contribution < 1.29 is 4.79 Å². The summed E-state index contributed by atoms with van der Waals surface area (Å²) in [5.41, 5.74) is 2.98. The van der Waals surface area contributed by atoms with Gasteiger partial charge in [-0.1, -0.05) is 56.1 Å². The maximum Gasteiger partial charge on any atom is 0.251 e. The third-order valence-corrected chi connectivity index (χ3v) is 3.91. The zero-order valence-electron chi connectivity index (χ0n) is 10.2. The molecule has 0 aromatic heterocycles. The van der Waals surface area contributed by atoms with Crippen molar-refractivity contribution in [3.05, 3.63) is 69.7 Å². The molecule has 0 saturated carbocycles. The first-order chi connectivity index (χ1) is 9.19. The summed E-state index contributed by atoms with van der Waals surface area (Å²) in [5, 5.41) is 3.75. The predicted molar refractivity (Wildman–Crippen MR) is 84.4 cm³/mol. The van der Waals surface area contributed by atoms with Crippen LogP contribution in [0.4, 0.5) is 0 Å². The summed E-state index contributed by atoms with van der Waals surface area (Å²) in [7, 11) is 0. The number of benzene rings is 2. The Balaban J connectivity index is 1.94. The van der Waals surface area contributed by atoms with Gasteiger partial charge in [-0.25, -0.2) is 0 Å². The number of carbonyl (C=O) groups excluding carboxylic acids is 1. The molecule has 2 nitrogen and oxygen atoms in total. The second-order valence-electron chi connectivity index (χ2n) is 4.14. The number of halogens is 2. The fourth-order valence-corrected chi connectivity index (χ4v) is 2.27.